The minimum Gasteiger partial charge on any atom is -0.375 e. The Labute approximate surface area is 117 Å². The zero-order chi connectivity index (χ0) is 14.3. The van der Waals surface area contributed by atoms with Crippen molar-refractivity contribution < 1.29 is 18.3 Å². The van der Waals surface area contributed by atoms with Gasteiger partial charge in [0.15, 0.2) is 0 Å². The van der Waals surface area contributed by atoms with Gasteiger partial charge in [-0.1, -0.05) is 15.9 Å². The van der Waals surface area contributed by atoms with Crippen LogP contribution in [0.1, 0.15) is 12.0 Å². The third-order valence-corrected chi connectivity index (χ3v) is 2.59. The van der Waals surface area contributed by atoms with Gasteiger partial charge >= 0.3 is 0 Å². The summed E-state index contributed by atoms with van der Waals surface area (Å²) in [5.74, 6) is -0.399. The molecule has 1 amide bonds. The zero-order valence-corrected chi connectivity index (χ0v) is 11.4. The molecule has 0 saturated heterocycles. The summed E-state index contributed by atoms with van der Waals surface area (Å²) in [6.07, 6.45) is -2.59. The molecule has 0 unspecified atom stereocenters. The molecular formula is C12H11BrF2N2O2. The SMILES string of the molecule is N#Cc1ccc(Br)cc1NC(=O)CCOCC(F)F. The highest BCUT2D eigenvalue weighted by atomic mass is 79.9. The van der Waals surface area contributed by atoms with Crippen LogP contribution in [0.3, 0.4) is 0 Å². The second kappa shape index (κ2) is 7.81. The third-order valence-electron chi connectivity index (χ3n) is 2.09. The Balaban J connectivity index is 2.48. The van der Waals surface area contributed by atoms with Crippen LogP contribution in [0, 0.1) is 11.3 Å². The standard InChI is InChI=1S/C12H11BrF2N2O2/c13-9-2-1-8(6-16)10(5-9)17-12(18)3-4-19-7-11(14)15/h1-2,5,11H,3-4,7H2,(H,17,18). The topological polar surface area (TPSA) is 62.1 Å². The van der Waals surface area contributed by atoms with Crippen LogP contribution in [0.15, 0.2) is 22.7 Å². The number of anilines is 1. The van der Waals surface area contributed by atoms with E-state index in [0.29, 0.717) is 11.3 Å². The quantitative estimate of drug-likeness (QED) is 0.814. The number of alkyl halides is 2. The van der Waals surface area contributed by atoms with Gasteiger partial charge in [-0.3, -0.25) is 4.79 Å². The van der Waals surface area contributed by atoms with Crippen LogP contribution in [0.5, 0.6) is 0 Å². The number of hydrogen-bond donors (Lipinski definition) is 1. The molecule has 0 spiro atoms. The van der Waals surface area contributed by atoms with E-state index in [9.17, 15) is 13.6 Å². The Morgan fingerprint density at radius 1 is 1.53 bits per heavy atom. The minimum atomic E-state index is -2.54. The van der Waals surface area contributed by atoms with E-state index < -0.39 is 18.9 Å². The van der Waals surface area contributed by atoms with Gasteiger partial charge in [-0.15, -0.1) is 0 Å². The maximum atomic E-state index is 11.8. The number of nitriles is 1. The van der Waals surface area contributed by atoms with E-state index in [4.69, 9.17) is 5.26 Å². The Hall–Kier alpha value is -1.52. The second-order valence-electron chi connectivity index (χ2n) is 3.57. The number of amides is 1. The molecule has 0 bridgehead atoms. The molecule has 1 N–H and O–H groups in total. The lowest BCUT2D eigenvalue weighted by Crippen LogP contribution is -2.16. The molecule has 4 nitrogen and oxygen atoms in total. The van der Waals surface area contributed by atoms with Crippen LogP contribution in [0.4, 0.5) is 14.5 Å². The molecule has 0 aromatic heterocycles. The average Bonchev–Trinajstić information content (AvgIpc) is 2.35. The van der Waals surface area contributed by atoms with Gasteiger partial charge in [0.1, 0.15) is 12.7 Å². The number of rotatable bonds is 6. The first-order valence-electron chi connectivity index (χ1n) is 5.38. The Kier molecular flexibility index (Phi) is 6.39. The molecule has 1 aromatic rings. The van der Waals surface area contributed by atoms with Gasteiger partial charge in [-0.05, 0) is 18.2 Å². The molecule has 0 aliphatic rings. The summed E-state index contributed by atoms with van der Waals surface area (Å²) >= 11 is 3.23. The molecule has 0 radical (unpaired) electrons. The Morgan fingerprint density at radius 3 is 2.89 bits per heavy atom. The van der Waals surface area contributed by atoms with Crippen molar-refractivity contribution in [3.8, 4) is 6.07 Å². The highest BCUT2D eigenvalue weighted by molar-refractivity contribution is 9.10. The number of ether oxygens (including phenoxy) is 1. The van der Waals surface area contributed by atoms with Gasteiger partial charge in [0, 0.05) is 4.47 Å². The van der Waals surface area contributed by atoms with Crippen LogP contribution in [0.25, 0.3) is 0 Å². The normalized spacial score (nSPS) is 10.3. The van der Waals surface area contributed by atoms with Crippen molar-refractivity contribution in [2.75, 3.05) is 18.5 Å². The number of benzene rings is 1. The fraction of sp³-hybridized carbons (Fsp3) is 0.333. The number of carbonyl (C=O) groups is 1. The fourth-order valence-corrected chi connectivity index (χ4v) is 1.63. The largest absolute Gasteiger partial charge is 0.375 e. The maximum absolute atomic E-state index is 11.8. The summed E-state index contributed by atoms with van der Waals surface area (Å²) in [6, 6.07) is 6.78. The number of nitrogens with one attached hydrogen (secondary N) is 1. The van der Waals surface area contributed by atoms with Gasteiger partial charge in [0.2, 0.25) is 5.91 Å². The number of carbonyl (C=O) groups excluding carboxylic acids is 1. The molecule has 0 atom stereocenters. The van der Waals surface area contributed by atoms with Gasteiger partial charge in [0.05, 0.1) is 24.3 Å². The molecule has 0 saturated carbocycles. The summed E-state index contributed by atoms with van der Waals surface area (Å²) < 4.78 is 28.9. The second-order valence-corrected chi connectivity index (χ2v) is 4.48. The predicted octanol–water partition coefficient (Wildman–Crippen LogP) is 2.93. The Bertz CT molecular complexity index is 489. The summed E-state index contributed by atoms with van der Waals surface area (Å²) in [4.78, 5) is 11.5. The van der Waals surface area contributed by atoms with E-state index in [1.54, 1.807) is 18.2 Å². The van der Waals surface area contributed by atoms with Crippen LogP contribution in [0.2, 0.25) is 0 Å². The Morgan fingerprint density at radius 2 is 2.26 bits per heavy atom. The number of nitrogens with zero attached hydrogens (tertiary/aromatic N) is 1. The van der Waals surface area contributed by atoms with E-state index in [2.05, 4.69) is 26.0 Å². The van der Waals surface area contributed by atoms with Gasteiger partial charge in [0.25, 0.3) is 6.43 Å². The molecular weight excluding hydrogens is 322 g/mol. The molecule has 0 aliphatic carbocycles. The van der Waals surface area contributed by atoms with Gasteiger partial charge < -0.3 is 10.1 Å². The van der Waals surface area contributed by atoms with Crippen molar-refractivity contribution in [2.45, 2.75) is 12.8 Å². The van der Waals surface area contributed by atoms with Crippen molar-refractivity contribution in [3.05, 3.63) is 28.2 Å². The molecule has 1 aromatic carbocycles. The number of halogens is 3. The van der Waals surface area contributed by atoms with Gasteiger partial charge in [-0.2, -0.15) is 5.26 Å². The number of hydrogen-bond acceptors (Lipinski definition) is 3. The maximum Gasteiger partial charge on any atom is 0.261 e. The highest BCUT2D eigenvalue weighted by Crippen LogP contribution is 2.20. The van der Waals surface area contributed by atoms with Crippen molar-refractivity contribution >= 4 is 27.5 Å². The molecule has 1 rings (SSSR count). The van der Waals surface area contributed by atoms with Gasteiger partial charge in [-0.25, -0.2) is 8.78 Å². The molecule has 0 heterocycles. The third kappa shape index (κ3) is 5.77. The summed E-state index contributed by atoms with van der Waals surface area (Å²) in [7, 11) is 0. The first-order chi connectivity index (χ1) is 9.02. The minimum absolute atomic E-state index is 0.0515. The lowest BCUT2D eigenvalue weighted by molar-refractivity contribution is -0.117. The van der Waals surface area contributed by atoms with E-state index >= 15 is 0 Å². The van der Waals surface area contributed by atoms with Crippen molar-refractivity contribution in [1.82, 2.24) is 0 Å². The van der Waals surface area contributed by atoms with E-state index in [1.807, 2.05) is 6.07 Å². The van der Waals surface area contributed by atoms with Crippen molar-refractivity contribution in [1.29, 1.82) is 5.26 Å². The molecule has 7 heteroatoms. The lowest BCUT2D eigenvalue weighted by Gasteiger charge is -2.08. The van der Waals surface area contributed by atoms with E-state index in [1.165, 1.54) is 0 Å². The predicted molar refractivity (Wildman–Crippen MR) is 68.9 cm³/mol. The smallest absolute Gasteiger partial charge is 0.261 e. The fourth-order valence-electron chi connectivity index (χ4n) is 1.27. The molecule has 0 aliphatic heterocycles. The lowest BCUT2D eigenvalue weighted by atomic mass is 10.2. The van der Waals surface area contributed by atoms with Crippen molar-refractivity contribution in [3.63, 3.8) is 0 Å². The van der Waals surface area contributed by atoms with Crippen LogP contribution in [-0.2, 0) is 9.53 Å². The summed E-state index contributed by atoms with van der Waals surface area (Å²) in [6.45, 7) is -0.778. The first-order valence-corrected chi connectivity index (χ1v) is 6.17. The highest BCUT2D eigenvalue weighted by Gasteiger charge is 2.08. The van der Waals surface area contributed by atoms with Crippen molar-refractivity contribution in [2.24, 2.45) is 0 Å². The monoisotopic (exact) mass is 332 g/mol. The molecule has 19 heavy (non-hydrogen) atoms. The zero-order valence-electron chi connectivity index (χ0n) is 9.83. The summed E-state index contributed by atoms with van der Waals surface area (Å²) in [5, 5.41) is 11.4. The van der Waals surface area contributed by atoms with E-state index in [0.717, 1.165) is 4.47 Å². The molecule has 0 fully saturated rings. The van der Waals surface area contributed by atoms with Crippen LogP contribution in [-0.4, -0.2) is 25.5 Å². The summed E-state index contributed by atoms with van der Waals surface area (Å²) in [5.41, 5.74) is 0.695. The average molecular weight is 333 g/mol. The molecule has 102 valence electrons. The van der Waals surface area contributed by atoms with E-state index in [-0.39, 0.29) is 13.0 Å². The first kappa shape index (κ1) is 15.5. The van der Waals surface area contributed by atoms with Crippen LogP contribution < -0.4 is 5.32 Å². The van der Waals surface area contributed by atoms with Crippen LogP contribution >= 0.6 is 15.9 Å².